The molecule has 0 bridgehead atoms. The molecule has 2 aromatic rings. The van der Waals surface area contributed by atoms with E-state index >= 15 is 0 Å². The highest BCUT2D eigenvalue weighted by molar-refractivity contribution is 6.40. The zero-order valence-electron chi connectivity index (χ0n) is 16.9. The van der Waals surface area contributed by atoms with Gasteiger partial charge >= 0.3 is 0 Å². The van der Waals surface area contributed by atoms with Crippen molar-refractivity contribution < 1.29 is 9.53 Å². The molecular weight excluding hydrogens is 421 g/mol. The normalized spacial score (nSPS) is 19.3. The van der Waals surface area contributed by atoms with Gasteiger partial charge in [-0.3, -0.25) is 4.79 Å². The molecule has 30 heavy (non-hydrogen) atoms. The number of benzene rings is 1. The molecule has 1 amide bonds. The summed E-state index contributed by atoms with van der Waals surface area (Å²) in [6.45, 7) is 2.63. The van der Waals surface area contributed by atoms with E-state index in [1.165, 1.54) is 0 Å². The molecule has 2 heterocycles. The third kappa shape index (κ3) is 4.18. The molecular formula is C23H23Cl2N3O2. The number of carbonyl (C=O) groups excluding carboxylic acids is 1. The van der Waals surface area contributed by atoms with Crippen LogP contribution in [0.4, 0.5) is 5.69 Å². The van der Waals surface area contributed by atoms with E-state index in [2.05, 4.69) is 11.1 Å². The molecule has 1 aromatic carbocycles. The van der Waals surface area contributed by atoms with Crippen LogP contribution in [0.5, 0.6) is 5.75 Å². The largest absolute Gasteiger partial charge is 0.494 e. The molecule has 1 aliphatic heterocycles. The predicted octanol–water partition coefficient (Wildman–Crippen LogP) is 5.51. The minimum Gasteiger partial charge on any atom is -0.494 e. The zero-order chi connectivity index (χ0) is 21.3. The molecule has 7 heteroatoms. The molecule has 1 aliphatic carbocycles. The first-order valence-corrected chi connectivity index (χ1v) is 10.6. The third-order valence-corrected chi connectivity index (χ3v) is 6.32. The molecule has 0 spiro atoms. The highest BCUT2D eigenvalue weighted by Gasteiger charge is 2.33. The summed E-state index contributed by atoms with van der Waals surface area (Å²) in [6, 6.07) is 5.84. The maximum Gasteiger partial charge on any atom is 0.230 e. The number of imidazole rings is 1. The number of hydrogen-bond donors (Lipinski definition) is 0. The van der Waals surface area contributed by atoms with Crippen LogP contribution in [0.2, 0.25) is 0 Å². The van der Waals surface area contributed by atoms with Crippen molar-refractivity contribution in [3.63, 3.8) is 0 Å². The first-order valence-electron chi connectivity index (χ1n) is 9.88. The molecule has 4 rings (SSSR count). The smallest absolute Gasteiger partial charge is 0.230 e. The highest BCUT2D eigenvalue weighted by Crippen LogP contribution is 2.35. The number of hydrogen-bond acceptors (Lipinski definition) is 3. The average Bonchev–Trinajstić information content (AvgIpc) is 3.30. The van der Waals surface area contributed by atoms with Gasteiger partial charge in [0.05, 0.1) is 29.9 Å². The van der Waals surface area contributed by atoms with Gasteiger partial charge in [0, 0.05) is 41.9 Å². The number of methoxy groups -OCH3 is 1. The average molecular weight is 444 g/mol. The second kappa shape index (κ2) is 8.70. The predicted molar refractivity (Wildman–Crippen MR) is 121 cm³/mol. The van der Waals surface area contributed by atoms with Crippen molar-refractivity contribution in [2.45, 2.75) is 26.2 Å². The molecule has 1 atom stereocenters. The summed E-state index contributed by atoms with van der Waals surface area (Å²) in [4.78, 5) is 19.2. The van der Waals surface area contributed by atoms with E-state index in [1.54, 1.807) is 19.5 Å². The Kier molecular flexibility index (Phi) is 6.02. The quantitative estimate of drug-likeness (QED) is 0.611. The van der Waals surface area contributed by atoms with Gasteiger partial charge < -0.3 is 14.2 Å². The Hall–Kier alpha value is -2.50. The van der Waals surface area contributed by atoms with Gasteiger partial charge in [0.1, 0.15) is 5.75 Å². The Morgan fingerprint density at radius 3 is 2.83 bits per heavy atom. The second-order valence-electron chi connectivity index (χ2n) is 7.53. The summed E-state index contributed by atoms with van der Waals surface area (Å²) in [6.07, 6.45) is 11.6. The number of carbonyl (C=O) groups is 1. The van der Waals surface area contributed by atoms with Crippen molar-refractivity contribution in [2.75, 3.05) is 18.6 Å². The molecule has 1 aromatic heterocycles. The topological polar surface area (TPSA) is 47.4 Å². The molecule has 1 saturated heterocycles. The van der Waals surface area contributed by atoms with Crippen LogP contribution >= 0.6 is 23.2 Å². The van der Waals surface area contributed by atoms with E-state index in [1.807, 2.05) is 46.9 Å². The number of aromatic nitrogens is 2. The molecule has 1 unspecified atom stereocenters. The monoisotopic (exact) mass is 443 g/mol. The summed E-state index contributed by atoms with van der Waals surface area (Å²) in [5, 5.41) is 1.19. The van der Waals surface area contributed by atoms with Crippen LogP contribution in [0.25, 0.3) is 5.69 Å². The van der Waals surface area contributed by atoms with E-state index in [4.69, 9.17) is 27.9 Å². The van der Waals surface area contributed by atoms with E-state index in [0.29, 0.717) is 35.2 Å². The number of amides is 1. The fraction of sp³-hybridized carbons (Fsp3) is 0.304. The molecule has 5 nitrogen and oxygen atoms in total. The minimum absolute atomic E-state index is 0.0569. The SMILES string of the molecule is COc1cc(N2CCC(CC3=CCC(Cl)=C(Cl)C=C3)C2=O)ccc1-n1cnc(C)c1. The van der Waals surface area contributed by atoms with Gasteiger partial charge in [-0.25, -0.2) is 4.98 Å². The summed E-state index contributed by atoms with van der Waals surface area (Å²) >= 11 is 12.2. The van der Waals surface area contributed by atoms with E-state index in [0.717, 1.165) is 29.1 Å². The fourth-order valence-electron chi connectivity index (χ4n) is 3.88. The van der Waals surface area contributed by atoms with Crippen molar-refractivity contribution in [3.05, 3.63) is 70.3 Å². The Bertz CT molecular complexity index is 1070. The van der Waals surface area contributed by atoms with Crippen LogP contribution < -0.4 is 9.64 Å². The van der Waals surface area contributed by atoms with Crippen LogP contribution in [-0.4, -0.2) is 29.1 Å². The molecule has 156 valence electrons. The van der Waals surface area contributed by atoms with Gasteiger partial charge in [-0.2, -0.15) is 0 Å². The van der Waals surface area contributed by atoms with Gasteiger partial charge in [-0.1, -0.05) is 40.9 Å². The van der Waals surface area contributed by atoms with Crippen LogP contribution in [-0.2, 0) is 4.79 Å². The molecule has 0 N–H and O–H groups in total. The van der Waals surface area contributed by atoms with Crippen LogP contribution in [0, 0.1) is 12.8 Å². The number of rotatable bonds is 5. The lowest BCUT2D eigenvalue weighted by atomic mass is 9.97. The summed E-state index contributed by atoms with van der Waals surface area (Å²) in [7, 11) is 1.64. The van der Waals surface area contributed by atoms with Crippen molar-refractivity contribution in [2.24, 2.45) is 5.92 Å². The summed E-state index contributed by atoms with van der Waals surface area (Å²) in [5.74, 6) is 0.774. The number of anilines is 1. The number of nitrogens with zero attached hydrogens (tertiary/aromatic N) is 3. The number of halogens is 2. The first kappa shape index (κ1) is 20.8. The van der Waals surface area contributed by atoms with Crippen LogP contribution in [0.3, 0.4) is 0 Å². The highest BCUT2D eigenvalue weighted by atomic mass is 35.5. The standard InChI is InChI=1S/C23H23Cl2N3O2/c1-15-13-27(14-26-15)21-8-5-18(12-22(21)30-2)28-10-9-17(23(28)29)11-16-3-6-19(24)20(25)7-4-16/h3-6,8,12-14,17H,7,9-11H2,1-2H3. The Morgan fingerprint density at radius 2 is 2.10 bits per heavy atom. The summed E-state index contributed by atoms with van der Waals surface area (Å²) in [5.41, 5.74) is 3.75. The number of aryl methyl sites for hydroxylation is 1. The van der Waals surface area contributed by atoms with Gasteiger partial charge in [0.25, 0.3) is 0 Å². The van der Waals surface area contributed by atoms with Gasteiger partial charge in [-0.05, 0) is 38.0 Å². The van der Waals surface area contributed by atoms with Crippen LogP contribution in [0.15, 0.2) is 64.6 Å². The van der Waals surface area contributed by atoms with Gasteiger partial charge in [0.15, 0.2) is 0 Å². The molecule has 2 aliphatic rings. The van der Waals surface area contributed by atoms with E-state index < -0.39 is 0 Å². The number of ether oxygens (including phenoxy) is 1. The minimum atomic E-state index is -0.0569. The lowest BCUT2D eigenvalue weighted by Gasteiger charge is -2.19. The Balaban J connectivity index is 1.51. The van der Waals surface area contributed by atoms with Crippen molar-refractivity contribution in [1.29, 1.82) is 0 Å². The maximum absolute atomic E-state index is 13.1. The fourth-order valence-corrected chi connectivity index (χ4v) is 4.16. The second-order valence-corrected chi connectivity index (χ2v) is 8.39. The molecule has 0 radical (unpaired) electrons. The maximum atomic E-state index is 13.1. The molecule has 0 saturated carbocycles. The van der Waals surface area contributed by atoms with Crippen molar-refractivity contribution >= 4 is 34.8 Å². The van der Waals surface area contributed by atoms with Gasteiger partial charge in [0.2, 0.25) is 5.91 Å². The third-order valence-electron chi connectivity index (χ3n) is 5.51. The lowest BCUT2D eigenvalue weighted by Crippen LogP contribution is -2.27. The van der Waals surface area contributed by atoms with Gasteiger partial charge in [-0.15, -0.1) is 0 Å². The first-order chi connectivity index (χ1) is 14.5. The number of allylic oxidation sites excluding steroid dienone is 6. The Labute approximate surface area is 186 Å². The van der Waals surface area contributed by atoms with E-state index in [9.17, 15) is 4.79 Å². The lowest BCUT2D eigenvalue weighted by molar-refractivity contribution is -0.120. The summed E-state index contributed by atoms with van der Waals surface area (Å²) < 4.78 is 7.51. The Morgan fingerprint density at radius 1 is 1.27 bits per heavy atom. The van der Waals surface area contributed by atoms with E-state index in [-0.39, 0.29) is 11.8 Å². The molecule has 1 fully saturated rings. The van der Waals surface area contributed by atoms with Crippen LogP contribution in [0.1, 0.15) is 25.0 Å². The van der Waals surface area contributed by atoms with Crippen molar-refractivity contribution in [1.82, 2.24) is 9.55 Å². The van der Waals surface area contributed by atoms with Crippen molar-refractivity contribution in [3.8, 4) is 11.4 Å². The zero-order valence-corrected chi connectivity index (χ0v) is 18.5.